The fourth-order valence-electron chi connectivity index (χ4n) is 2.44. The number of carbonyl (C=O) groups excluding carboxylic acids is 1. The highest BCUT2D eigenvalue weighted by molar-refractivity contribution is 5.91. The van der Waals surface area contributed by atoms with Gasteiger partial charge in [-0.2, -0.15) is 0 Å². The van der Waals surface area contributed by atoms with Crippen LogP contribution in [0.5, 0.6) is 0 Å². The molecular weight excluding hydrogens is 228 g/mol. The molecule has 4 nitrogen and oxygen atoms in total. The molecule has 2 heterocycles. The standard InChI is InChI=1S/C14H20N2O2/c1-4-11-13(14(17)18-5-2)12-9-10(3)7-6-8-16(12)15-11/h10-11,15H,4-5,8-9H2,1-3H3. The SMILES string of the molecule is CCOC(=O)C1=C2CC(C)C#CCN2NC1CC. The lowest BCUT2D eigenvalue weighted by Gasteiger charge is -2.20. The van der Waals surface area contributed by atoms with Crippen molar-refractivity contribution >= 4 is 5.97 Å². The van der Waals surface area contributed by atoms with Gasteiger partial charge >= 0.3 is 5.97 Å². The Morgan fingerprint density at radius 1 is 1.56 bits per heavy atom. The van der Waals surface area contributed by atoms with Gasteiger partial charge in [0, 0.05) is 18.0 Å². The Morgan fingerprint density at radius 3 is 3.00 bits per heavy atom. The van der Waals surface area contributed by atoms with Crippen molar-refractivity contribution in [2.45, 2.75) is 39.7 Å². The molecule has 18 heavy (non-hydrogen) atoms. The summed E-state index contributed by atoms with van der Waals surface area (Å²) in [7, 11) is 0. The first-order valence-electron chi connectivity index (χ1n) is 6.59. The summed E-state index contributed by atoms with van der Waals surface area (Å²) in [5.74, 6) is 6.40. The van der Waals surface area contributed by atoms with Crippen LogP contribution >= 0.6 is 0 Å². The lowest BCUT2D eigenvalue weighted by molar-refractivity contribution is -0.138. The Labute approximate surface area is 108 Å². The van der Waals surface area contributed by atoms with Crippen molar-refractivity contribution in [2.75, 3.05) is 13.2 Å². The summed E-state index contributed by atoms with van der Waals surface area (Å²) < 4.78 is 5.18. The number of carbonyl (C=O) groups is 1. The van der Waals surface area contributed by atoms with E-state index in [1.54, 1.807) is 0 Å². The maximum Gasteiger partial charge on any atom is 0.337 e. The van der Waals surface area contributed by atoms with Crippen LogP contribution in [0.4, 0.5) is 0 Å². The van der Waals surface area contributed by atoms with Crippen molar-refractivity contribution in [3.63, 3.8) is 0 Å². The van der Waals surface area contributed by atoms with Gasteiger partial charge < -0.3 is 4.74 Å². The van der Waals surface area contributed by atoms with Gasteiger partial charge in [-0.15, -0.1) is 0 Å². The largest absolute Gasteiger partial charge is 0.463 e. The average Bonchev–Trinajstić information content (AvgIpc) is 2.58. The number of hydrogen-bond acceptors (Lipinski definition) is 4. The minimum atomic E-state index is -0.191. The molecule has 4 heteroatoms. The van der Waals surface area contributed by atoms with Crippen LogP contribution < -0.4 is 5.43 Å². The van der Waals surface area contributed by atoms with Crippen LogP contribution in [0.15, 0.2) is 11.3 Å². The van der Waals surface area contributed by atoms with Crippen LogP contribution in [-0.2, 0) is 9.53 Å². The lowest BCUT2D eigenvalue weighted by atomic mass is 9.99. The third-order valence-corrected chi connectivity index (χ3v) is 3.29. The number of rotatable bonds is 3. The van der Waals surface area contributed by atoms with Gasteiger partial charge in [0.2, 0.25) is 0 Å². The van der Waals surface area contributed by atoms with E-state index in [9.17, 15) is 4.79 Å². The molecular formula is C14H20N2O2. The van der Waals surface area contributed by atoms with Gasteiger partial charge in [-0.05, 0) is 13.3 Å². The Bertz CT molecular complexity index is 431. The van der Waals surface area contributed by atoms with Crippen molar-refractivity contribution < 1.29 is 9.53 Å². The zero-order chi connectivity index (χ0) is 13.1. The van der Waals surface area contributed by atoms with Crippen LogP contribution in [0.1, 0.15) is 33.6 Å². The topological polar surface area (TPSA) is 41.6 Å². The molecule has 0 spiro atoms. The maximum atomic E-state index is 12.1. The Balaban J connectivity index is 2.32. The molecule has 0 aromatic carbocycles. The summed E-state index contributed by atoms with van der Waals surface area (Å²) in [6.45, 7) is 7.05. The first-order chi connectivity index (χ1) is 8.67. The van der Waals surface area contributed by atoms with E-state index >= 15 is 0 Å². The number of hydrogen-bond donors (Lipinski definition) is 1. The molecule has 0 bridgehead atoms. The van der Waals surface area contributed by atoms with Crippen molar-refractivity contribution in [3.05, 3.63) is 11.3 Å². The Hall–Kier alpha value is -1.47. The number of ether oxygens (including phenoxy) is 1. The van der Waals surface area contributed by atoms with Crippen LogP contribution in [0.25, 0.3) is 0 Å². The summed E-state index contributed by atoms with van der Waals surface area (Å²) in [5.41, 5.74) is 5.18. The van der Waals surface area contributed by atoms with E-state index in [1.165, 1.54) is 0 Å². The van der Waals surface area contributed by atoms with Gasteiger partial charge in [0.25, 0.3) is 0 Å². The minimum absolute atomic E-state index is 0.0612. The lowest BCUT2D eigenvalue weighted by Crippen LogP contribution is -2.37. The molecule has 0 aromatic heterocycles. The van der Waals surface area contributed by atoms with Gasteiger partial charge in [-0.3, -0.25) is 5.01 Å². The van der Waals surface area contributed by atoms with Gasteiger partial charge in [0.1, 0.15) is 0 Å². The number of nitrogens with one attached hydrogen (secondary N) is 1. The molecule has 2 rings (SSSR count). The normalized spacial score (nSPS) is 26.3. The fourth-order valence-corrected chi connectivity index (χ4v) is 2.44. The first kappa shape index (κ1) is 13.0. The maximum absolute atomic E-state index is 12.1. The Kier molecular flexibility index (Phi) is 3.93. The third-order valence-electron chi connectivity index (χ3n) is 3.29. The molecule has 0 fully saturated rings. The summed E-state index contributed by atoms with van der Waals surface area (Å²) in [6, 6.07) is 0.0612. The van der Waals surface area contributed by atoms with Gasteiger partial charge in [0.05, 0.1) is 24.8 Å². The van der Waals surface area contributed by atoms with Crippen molar-refractivity contribution in [3.8, 4) is 11.8 Å². The molecule has 2 unspecified atom stereocenters. The molecule has 0 aromatic rings. The second-order valence-corrected chi connectivity index (χ2v) is 4.68. The Morgan fingerprint density at radius 2 is 2.33 bits per heavy atom. The zero-order valence-corrected chi connectivity index (χ0v) is 11.2. The summed E-state index contributed by atoms with van der Waals surface area (Å²) in [5, 5.41) is 2.01. The summed E-state index contributed by atoms with van der Waals surface area (Å²) >= 11 is 0. The number of hydrazine groups is 1. The van der Waals surface area contributed by atoms with Crippen LogP contribution in [0, 0.1) is 17.8 Å². The van der Waals surface area contributed by atoms with Crippen molar-refractivity contribution in [2.24, 2.45) is 5.92 Å². The predicted octanol–water partition coefficient (Wildman–Crippen LogP) is 1.45. The highest BCUT2D eigenvalue weighted by Gasteiger charge is 2.35. The highest BCUT2D eigenvalue weighted by atomic mass is 16.5. The van der Waals surface area contributed by atoms with Crippen LogP contribution in [0.2, 0.25) is 0 Å². The molecule has 0 saturated carbocycles. The van der Waals surface area contributed by atoms with Crippen LogP contribution in [-0.4, -0.2) is 30.2 Å². The van der Waals surface area contributed by atoms with Crippen molar-refractivity contribution in [1.82, 2.24) is 10.4 Å². The van der Waals surface area contributed by atoms with E-state index in [2.05, 4.69) is 31.1 Å². The highest BCUT2D eigenvalue weighted by Crippen LogP contribution is 2.29. The molecule has 1 N–H and O–H groups in total. The molecule has 2 aliphatic heterocycles. The van der Waals surface area contributed by atoms with E-state index in [-0.39, 0.29) is 17.9 Å². The number of esters is 1. The zero-order valence-electron chi connectivity index (χ0n) is 11.2. The first-order valence-corrected chi connectivity index (χ1v) is 6.59. The summed E-state index contributed by atoms with van der Waals surface area (Å²) in [4.78, 5) is 12.1. The van der Waals surface area contributed by atoms with Crippen molar-refractivity contribution in [1.29, 1.82) is 0 Å². The van der Waals surface area contributed by atoms with E-state index < -0.39 is 0 Å². The molecule has 98 valence electrons. The predicted molar refractivity (Wildman–Crippen MR) is 69.1 cm³/mol. The van der Waals surface area contributed by atoms with E-state index in [1.807, 2.05) is 11.9 Å². The van der Waals surface area contributed by atoms with E-state index in [4.69, 9.17) is 4.74 Å². The molecule has 0 aliphatic carbocycles. The van der Waals surface area contributed by atoms with Crippen LogP contribution in [0.3, 0.4) is 0 Å². The van der Waals surface area contributed by atoms with E-state index in [0.717, 1.165) is 24.1 Å². The number of nitrogens with zero attached hydrogens (tertiary/aromatic N) is 1. The monoisotopic (exact) mass is 248 g/mol. The fraction of sp³-hybridized carbons (Fsp3) is 0.643. The smallest absolute Gasteiger partial charge is 0.337 e. The summed E-state index contributed by atoms with van der Waals surface area (Å²) in [6.07, 6.45) is 1.68. The molecule has 0 saturated heterocycles. The number of allylic oxidation sites excluding steroid dienone is 1. The molecule has 2 aliphatic rings. The van der Waals surface area contributed by atoms with Gasteiger partial charge in [-0.1, -0.05) is 25.7 Å². The second kappa shape index (κ2) is 5.45. The minimum Gasteiger partial charge on any atom is -0.463 e. The second-order valence-electron chi connectivity index (χ2n) is 4.68. The van der Waals surface area contributed by atoms with E-state index in [0.29, 0.717) is 13.2 Å². The molecule has 2 atom stereocenters. The van der Waals surface area contributed by atoms with Gasteiger partial charge in [-0.25, -0.2) is 10.2 Å². The molecule has 0 amide bonds. The quantitative estimate of drug-likeness (QED) is 0.606. The van der Waals surface area contributed by atoms with Gasteiger partial charge in [0.15, 0.2) is 0 Å². The molecule has 0 radical (unpaired) electrons. The number of fused-ring (bicyclic) bond motifs is 1. The third kappa shape index (κ3) is 2.37. The average molecular weight is 248 g/mol.